The number of methoxy groups -OCH3 is 1. The number of likely N-dealkylation sites (tertiary alicyclic amines) is 1. The van der Waals surface area contributed by atoms with E-state index in [0.717, 1.165) is 24.4 Å². The van der Waals surface area contributed by atoms with Gasteiger partial charge in [0, 0.05) is 17.3 Å². The SMILES string of the molecule is COc1cccc([C@H](CNC(=O)Nc2ccc(Cl)cc2)N2CCCC2)c1. The minimum Gasteiger partial charge on any atom is -0.497 e. The number of carbonyl (C=O) groups excluding carboxylic acids is 1. The molecule has 0 aliphatic carbocycles. The van der Waals surface area contributed by atoms with Gasteiger partial charge in [0.1, 0.15) is 5.75 Å². The third-order valence-electron chi connectivity index (χ3n) is 4.62. The zero-order valence-corrected chi connectivity index (χ0v) is 15.6. The zero-order valence-electron chi connectivity index (χ0n) is 14.9. The first-order valence-electron chi connectivity index (χ1n) is 8.84. The zero-order chi connectivity index (χ0) is 18.4. The number of carbonyl (C=O) groups is 1. The second kappa shape index (κ2) is 8.92. The lowest BCUT2D eigenvalue weighted by Crippen LogP contribution is -2.38. The van der Waals surface area contributed by atoms with Crippen LogP contribution in [0.3, 0.4) is 0 Å². The highest BCUT2D eigenvalue weighted by molar-refractivity contribution is 6.30. The first kappa shape index (κ1) is 18.5. The van der Waals surface area contributed by atoms with Crippen LogP contribution < -0.4 is 15.4 Å². The molecule has 1 aliphatic heterocycles. The Labute approximate surface area is 159 Å². The summed E-state index contributed by atoms with van der Waals surface area (Å²) in [5, 5.41) is 6.47. The molecule has 0 unspecified atom stereocenters. The monoisotopic (exact) mass is 373 g/mol. The third-order valence-corrected chi connectivity index (χ3v) is 4.87. The Balaban J connectivity index is 1.65. The largest absolute Gasteiger partial charge is 0.497 e. The quantitative estimate of drug-likeness (QED) is 0.793. The predicted molar refractivity (Wildman–Crippen MR) is 105 cm³/mol. The lowest BCUT2D eigenvalue weighted by molar-refractivity contribution is 0.227. The standard InChI is InChI=1S/C20H24ClN3O2/c1-26-18-6-4-5-15(13-18)19(24-11-2-3-12-24)14-22-20(25)23-17-9-7-16(21)8-10-17/h4-10,13,19H,2-3,11-12,14H2,1H3,(H2,22,23,25)/t19-/m0/s1. The van der Waals surface area contributed by atoms with Crippen LogP contribution in [0.15, 0.2) is 48.5 Å². The molecule has 3 rings (SSSR count). The van der Waals surface area contributed by atoms with Crippen LogP contribution in [0.4, 0.5) is 10.5 Å². The van der Waals surface area contributed by atoms with Crippen molar-refractivity contribution in [1.29, 1.82) is 0 Å². The molecule has 138 valence electrons. The molecule has 2 N–H and O–H groups in total. The molecule has 0 aromatic heterocycles. The molecule has 6 heteroatoms. The van der Waals surface area contributed by atoms with Gasteiger partial charge in [-0.05, 0) is 67.9 Å². The Morgan fingerprint density at radius 1 is 1.19 bits per heavy atom. The Kier molecular flexibility index (Phi) is 6.36. The fourth-order valence-corrected chi connectivity index (χ4v) is 3.38. The lowest BCUT2D eigenvalue weighted by atomic mass is 10.1. The third kappa shape index (κ3) is 4.90. The van der Waals surface area contributed by atoms with Crippen LogP contribution in [-0.2, 0) is 0 Å². The van der Waals surface area contributed by atoms with Crippen molar-refractivity contribution in [3.05, 3.63) is 59.1 Å². The molecule has 26 heavy (non-hydrogen) atoms. The number of amides is 2. The number of nitrogens with zero attached hydrogens (tertiary/aromatic N) is 1. The van der Waals surface area contributed by atoms with Crippen molar-refractivity contribution in [2.45, 2.75) is 18.9 Å². The van der Waals surface area contributed by atoms with Crippen LogP contribution in [0.2, 0.25) is 5.02 Å². The summed E-state index contributed by atoms with van der Waals surface area (Å²) in [4.78, 5) is 14.7. The highest BCUT2D eigenvalue weighted by Gasteiger charge is 2.24. The van der Waals surface area contributed by atoms with E-state index in [2.05, 4.69) is 21.6 Å². The number of benzene rings is 2. The van der Waals surface area contributed by atoms with Crippen molar-refractivity contribution < 1.29 is 9.53 Å². The van der Waals surface area contributed by atoms with Gasteiger partial charge in [-0.25, -0.2) is 4.79 Å². The molecule has 2 aromatic carbocycles. The van der Waals surface area contributed by atoms with E-state index in [1.165, 1.54) is 12.8 Å². The number of rotatable bonds is 6. The first-order valence-corrected chi connectivity index (χ1v) is 9.22. The van der Waals surface area contributed by atoms with Gasteiger partial charge in [-0.2, -0.15) is 0 Å². The smallest absolute Gasteiger partial charge is 0.319 e. The summed E-state index contributed by atoms with van der Waals surface area (Å²) in [5.41, 5.74) is 1.86. The average Bonchev–Trinajstić information content (AvgIpc) is 3.18. The molecule has 1 heterocycles. The number of hydrogen-bond donors (Lipinski definition) is 2. The molecule has 0 spiro atoms. The molecule has 2 amide bonds. The highest BCUT2D eigenvalue weighted by atomic mass is 35.5. The number of urea groups is 1. The second-order valence-corrected chi connectivity index (χ2v) is 6.81. The Morgan fingerprint density at radius 2 is 1.92 bits per heavy atom. The number of anilines is 1. The predicted octanol–water partition coefficient (Wildman–Crippen LogP) is 4.31. The topological polar surface area (TPSA) is 53.6 Å². The van der Waals surface area contributed by atoms with Gasteiger partial charge in [0.2, 0.25) is 0 Å². The van der Waals surface area contributed by atoms with Gasteiger partial charge < -0.3 is 15.4 Å². The molecule has 1 aliphatic rings. The van der Waals surface area contributed by atoms with Crippen LogP contribution in [0, 0.1) is 0 Å². The van der Waals surface area contributed by atoms with E-state index < -0.39 is 0 Å². The van der Waals surface area contributed by atoms with E-state index in [9.17, 15) is 4.79 Å². The van der Waals surface area contributed by atoms with Crippen LogP contribution in [-0.4, -0.2) is 37.7 Å². The van der Waals surface area contributed by atoms with Crippen molar-refractivity contribution in [1.82, 2.24) is 10.2 Å². The van der Waals surface area contributed by atoms with E-state index in [4.69, 9.17) is 16.3 Å². The van der Waals surface area contributed by atoms with Crippen LogP contribution in [0.5, 0.6) is 5.75 Å². The molecular formula is C20H24ClN3O2. The van der Waals surface area contributed by atoms with Gasteiger partial charge in [-0.3, -0.25) is 4.90 Å². The molecule has 1 fully saturated rings. The maximum Gasteiger partial charge on any atom is 0.319 e. The molecular weight excluding hydrogens is 350 g/mol. The number of hydrogen-bond acceptors (Lipinski definition) is 3. The van der Waals surface area contributed by atoms with E-state index in [-0.39, 0.29) is 12.1 Å². The number of nitrogens with one attached hydrogen (secondary N) is 2. The lowest BCUT2D eigenvalue weighted by Gasteiger charge is -2.28. The van der Waals surface area contributed by atoms with Gasteiger partial charge >= 0.3 is 6.03 Å². The molecule has 0 saturated carbocycles. The fourth-order valence-electron chi connectivity index (χ4n) is 3.26. The van der Waals surface area contributed by atoms with Gasteiger partial charge in [-0.15, -0.1) is 0 Å². The maximum absolute atomic E-state index is 12.3. The summed E-state index contributed by atoms with van der Waals surface area (Å²) >= 11 is 5.87. The fraction of sp³-hybridized carbons (Fsp3) is 0.350. The molecule has 1 atom stereocenters. The minimum absolute atomic E-state index is 0.128. The molecule has 1 saturated heterocycles. The molecule has 2 aromatic rings. The molecule has 5 nitrogen and oxygen atoms in total. The summed E-state index contributed by atoms with van der Waals surface area (Å²) in [7, 11) is 1.67. The van der Waals surface area contributed by atoms with Crippen molar-refractivity contribution in [3.63, 3.8) is 0 Å². The highest BCUT2D eigenvalue weighted by Crippen LogP contribution is 2.27. The van der Waals surface area contributed by atoms with Crippen molar-refractivity contribution in [2.75, 3.05) is 32.1 Å². The van der Waals surface area contributed by atoms with Crippen molar-refractivity contribution in [3.8, 4) is 5.75 Å². The summed E-state index contributed by atoms with van der Waals surface area (Å²) in [6, 6.07) is 15.0. The van der Waals surface area contributed by atoms with E-state index in [1.807, 2.05) is 18.2 Å². The Morgan fingerprint density at radius 3 is 2.62 bits per heavy atom. The summed E-state index contributed by atoms with van der Waals surface area (Å²) < 4.78 is 5.35. The van der Waals surface area contributed by atoms with Gasteiger partial charge in [0.15, 0.2) is 0 Å². The van der Waals surface area contributed by atoms with Crippen molar-refractivity contribution >= 4 is 23.3 Å². The summed E-state index contributed by atoms with van der Waals surface area (Å²) in [6.07, 6.45) is 2.38. The Hall–Kier alpha value is -2.24. The number of halogens is 1. The maximum atomic E-state index is 12.3. The molecule has 0 bridgehead atoms. The number of ether oxygens (including phenoxy) is 1. The normalized spacial score (nSPS) is 15.5. The van der Waals surface area contributed by atoms with Crippen LogP contribution in [0.25, 0.3) is 0 Å². The van der Waals surface area contributed by atoms with Gasteiger partial charge in [-0.1, -0.05) is 23.7 Å². The first-order chi connectivity index (χ1) is 12.7. The van der Waals surface area contributed by atoms with Crippen LogP contribution in [0.1, 0.15) is 24.4 Å². The Bertz CT molecular complexity index is 730. The van der Waals surface area contributed by atoms with E-state index in [0.29, 0.717) is 17.3 Å². The minimum atomic E-state index is -0.223. The van der Waals surface area contributed by atoms with Gasteiger partial charge in [0.05, 0.1) is 13.2 Å². The van der Waals surface area contributed by atoms with E-state index >= 15 is 0 Å². The van der Waals surface area contributed by atoms with Crippen LogP contribution >= 0.6 is 11.6 Å². The summed E-state index contributed by atoms with van der Waals surface area (Å²) in [5.74, 6) is 0.831. The van der Waals surface area contributed by atoms with Crippen molar-refractivity contribution in [2.24, 2.45) is 0 Å². The average molecular weight is 374 g/mol. The second-order valence-electron chi connectivity index (χ2n) is 6.38. The molecule has 0 radical (unpaired) electrons. The van der Waals surface area contributed by atoms with Gasteiger partial charge in [0.25, 0.3) is 0 Å². The van der Waals surface area contributed by atoms with E-state index in [1.54, 1.807) is 31.4 Å². The summed E-state index contributed by atoms with van der Waals surface area (Å²) in [6.45, 7) is 2.62.